The van der Waals surface area contributed by atoms with Crippen LogP contribution in [0.3, 0.4) is 0 Å². The fourth-order valence-corrected chi connectivity index (χ4v) is 3.36. The number of rotatable bonds is 6. The molecule has 2 unspecified atom stereocenters. The van der Waals surface area contributed by atoms with Gasteiger partial charge < -0.3 is 10.2 Å². The van der Waals surface area contributed by atoms with Crippen molar-refractivity contribution in [3.8, 4) is 0 Å². The van der Waals surface area contributed by atoms with E-state index in [-0.39, 0.29) is 0 Å². The largest absolute Gasteiger partial charge is 0.317 e. The van der Waals surface area contributed by atoms with Gasteiger partial charge in [0.05, 0.1) is 0 Å². The maximum Gasteiger partial charge on any atom is 0.00928 e. The summed E-state index contributed by atoms with van der Waals surface area (Å²) in [5.41, 5.74) is 0. The van der Waals surface area contributed by atoms with Crippen LogP contribution in [-0.4, -0.2) is 38.1 Å². The van der Waals surface area contributed by atoms with Crippen LogP contribution in [0.15, 0.2) is 0 Å². The topological polar surface area (TPSA) is 15.3 Å². The molecular weight excluding hydrogens is 196 g/mol. The van der Waals surface area contributed by atoms with Crippen LogP contribution in [0.1, 0.15) is 44.9 Å². The Balaban J connectivity index is 1.61. The van der Waals surface area contributed by atoms with Gasteiger partial charge in [0, 0.05) is 12.6 Å². The van der Waals surface area contributed by atoms with Crippen LogP contribution in [0.5, 0.6) is 0 Å². The molecule has 2 nitrogen and oxygen atoms in total. The van der Waals surface area contributed by atoms with Crippen molar-refractivity contribution in [3.05, 3.63) is 0 Å². The Morgan fingerprint density at radius 1 is 1.12 bits per heavy atom. The van der Waals surface area contributed by atoms with Crippen LogP contribution in [0, 0.1) is 11.8 Å². The number of nitrogens with one attached hydrogen (secondary N) is 1. The Kier molecular flexibility index (Phi) is 4.66. The summed E-state index contributed by atoms with van der Waals surface area (Å²) in [7, 11) is 4.43. The maximum atomic E-state index is 3.48. The first kappa shape index (κ1) is 12.4. The van der Waals surface area contributed by atoms with E-state index in [9.17, 15) is 0 Å². The summed E-state index contributed by atoms with van der Waals surface area (Å²) in [6.45, 7) is 2.65. The third-order valence-electron chi connectivity index (χ3n) is 4.71. The number of hydrogen-bond donors (Lipinski definition) is 1. The molecule has 2 aliphatic carbocycles. The first-order chi connectivity index (χ1) is 7.79. The van der Waals surface area contributed by atoms with E-state index in [2.05, 4.69) is 24.3 Å². The fourth-order valence-electron chi connectivity index (χ4n) is 3.36. The van der Waals surface area contributed by atoms with Crippen molar-refractivity contribution in [1.29, 1.82) is 0 Å². The Morgan fingerprint density at radius 3 is 2.50 bits per heavy atom. The van der Waals surface area contributed by atoms with Gasteiger partial charge in [0.2, 0.25) is 0 Å². The van der Waals surface area contributed by atoms with Crippen molar-refractivity contribution in [2.24, 2.45) is 11.8 Å². The molecule has 0 bridgehead atoms. The standard InChI is InChI=1S/C14H28N2/c1-15-14-8-4-7-13(14)9-10-16(2)11-12-5-3-6-12/h12-15H,3-11H2,1-2H3. The highest BCUT2D eigenvalue weighted by molar-refractivity contribution is 4.82. The van der Waals surface area contributed by atoms with Gasteiger partial charge in [-0.05, 0) is 64.6 Å². The van der Waals surface area contributed by atoms with Gasteiger partial charge in [-0.2, -0.15) is 0 Å². The minimum Gasteiger partial charge on any atom is -0.317 e. The molecule has 0 spiro atoms. The molecule has 2 aliphatic rings. The van der Waals surface area contributed by atoms with Crippen LogP contribution in [0.4, 0.5) is 0 Å². The van der Waals surface area contributed by atoms with Gasteiger partial charge >= 0.3 is 0 Å². The molecule has 1 N–H and O–H groups in total. The second-order valence-electron chi connectivity index (χ2n) is 5.93. The molecule has 0 aromatic carbocycles. The van der Waals surface area contributed by atoms with Crippen LogP contribution in [0.2, 0.25) is 0 Å². The Bertz CT molecular complexity index is 201. The second kappa shape index (κ2) is 6.02. The highest BCUT2D eigenvalue weighted by Crippen LogP contribution is 2.29. The Labute approximate surface area is 101 Å². The highest BCUT2D eigenvalue weighted by atomic mass is 15.1. The van der Waals surface area contributed by atoms with Gasteiger partial charge in [-0.1, -0.05) is 12.8 Å². The summed E-state index contributed by atoms with van der Waals surface area (Å²) in [6, 6.07) is 0.803. The SMILES string of the molecule is CNC1CCCC1CCN(C)CC1CCC1. The molecule has 0 aromatic heterocycles. The Morgan fingerprint density at radius 2 is 1.88 bits per heavy atom. The zero-order valence-corrected chi connectivity index (χ0v) is 11.0. The van der Waals surface area contributed by atoms with E-state index in [1.807, 2.05) is 0 Å². The normalized spacial score (nSPS) is 30.9. The van der Waals surface area contributed by atoms with Gasteiger partial charge in [0.1, 0.15) is 0 Å². The molecular formula is C14H28N2. The highest BCUT2D eigenvalue weighted by Gasteiger charge is 2.26. The van der Waals surface area contributed by atoms with Crippen molar-refractivity contribution in [2.75, 3.05) is 27.2 Å². The van der Waals surface area contributed by atoms with Crippen LogP contribution >= 0.6 is 0 Å². The summed E-state index contributed by atoms with van der Waals surface area (Å²) < 4.78 is 0. The fraction of sp³-hybridized carbons (Fsp3) is 1.00. The molecule has 0 aliphatic heterocycles. The summed E-state index contributed by atoms with van der Waals surface area (Å²) in [6.07, 6.45) is 10.1. The third-order valence-corrected chi connectivity index (χ3v) is 4.71. The van der Waals surface area contributed by atoms with E-state index in [1.54, 1.807) is 0 Å². The quantitative estimate of drug-likeness (QED) is 0.746. The van der Waals surface area contributed by atoms with Crippen LogP contribution in [0.25, 0.3) is 0 Å². The lowest BCUT2D eigenvalue weighted by Crippen LogP contribution is -2.34. The van der Waals surface area contributed by atoms with E-state index < -0.39 is 0 Å². The number of nitrogens with zero attached hydrogens (tertiary/aromatic N) is 1. The molecule has 0 aromatic rings. The van der Waals surface area contributed by atoms with E-state index in [1.165, 1.54) is 58.0 Å². The molecule has 2 atom stereocenters. The van der Waals surface area contributed by atoms with Gasteiger partial charge in [-0.25, -0.2) is 0 Å². The molecule has 16 heavy (non-hydrogen) atoms. The summed E-state index contributed by atoms with van der Waals surface area (Å²) >= 11 is 0. The molecule has 0 amide bonds. The molecule has 0 heterocycles. The average molecular weight is 224 g/mol. The lowest BCUT2D eigenvalue weighted by atomic mass is 9.85. The molecule has 2 saturated carbocycles. The van der Waals surface area contributed by atoms with Crippen molar-refractivity contribution < 1.29 is 0 Å². The molecule has 94 valence electrons. The Hall–Kier alpha value is -0.0800. The van der Waals surface area contributed by atoms with Crippen LogP contribution in [-0.2, 0) is 0 Å². The van der Waals surface area contributed by atoms with Crippen LogP contribution < -0.4 is 5.32 Å². The first-order valence-electron chi connectivity index (χ1n) is 7.15. The lowest BCUT2D eigenvalue weighted by Gasteiger charge is -2.31. The number of hydrogen-bond acceptors (Lipinski definition) is 2. The van der Waals surface area contributed by atoms with Crippen molar-refractivity contribution in [2.45, 2.75) is 51.0 Å². The lowest BCUT2D eigenvalue weighted by molar-refractivity contribution is 0.193. The predicted molar refractivity (Wildman–Crippen MR) is 69.6 cm³/mol. The molecule has 0 radical (unpaired) electrons. The predicted octanol–water partition coefficient (Wildman–Crippen LogP) is 2.50. The van der Waals surface area contributed by atoms with Gasteiger partial charge in [-0.3, -0.25) is 0 Å². The van der Waals surface area contributed by atoms with Crippen molar-refractivity contribution >= 4 is 0 Å². The molecule has 2 heteroatoms. The summed E-state index contributed by atoms with van der Waals surface area (Å²) in [5.74, 6) is 1.96. The van der Waals surface area contributed by atoms with E-state index >= 15 is 0 Å². The molecule has 2 fully saturated rings. The minimum atomic E-state index is 0.803. The smallest absolute Gasteiger partial charge is 0.00928 e. The zero-order chi connectivity index (χ0) is 11.4. The maximum absolute atomic E-state index is 3.48. The van der Waals surface area contributed by atoms with E-state index in [0.29, 0.717) is 0 Å². The van der Waals surface area contributed by atoms with E-state index in [4.69, 9.17) is 0 Å². The summed E-state index contributed by atoms with van der Waals surface area (Å²) in [4.78, 5) is 2.56. The zero-order valence-electron chi connectivity index (χ0n) is 11.0. The minimum absolute atomic E-state index is 0.803. The molecule has 2 rings (SSSR count). The monoisotopic (exact) mass is 224 g/mol. The van der Waals surface area contributed by atoms with Gasteiger partial charge in [0.25, 0.3) is 0 Å². The average Bonchev–Trinajstić information content (AvgIpc) is 2.68. The molecule has 0 saturated heterocycles. The van der Waals surface area contributed by atoms with Gasteiger partial charge in [0.15, 0.2) is 0 Å². The van der Waals surface area contributed by atoms with Gasteiger partial charge in [-0.15, -0.1) is 0 Å². The second-order valence-corrected chi connectivity index (χ2v) is 5.93. The first-order valence-corrected chi connectivity index (χ1v) is 7.15. The van der Waals surface area contributed by atoms with E-state index in [0.717, 1.165) is 17.9 Å². The summed E-state index contributed by atoms with van der Waals surface area (Å²) in [5, 5.41) is 3.48. The third kappa shape index (κ3) is 3.21. The van der Waals surface area contributed by atoms with Crippen molar-refractivity contribution in [3.63, 3.8) is 0 Å². The van der Waals surface area contributed by atoms with Crippen molar-refractivity contribution in [1.82, 2.24) is 10.2 Å².